The van der Waals surface area contributed by atoms with E-state index < -0.39 is 6.10 Å². The van der Waals surface area contributed by atoms with E-state index >= 15 is 0 Å². The van der Waals surface area contributed by atoms with Gasteiger partial charge in [-0.25, -0.2) is 0 Å². The molecule has 5 heteroatoms. The molecule has 2 aliphatic carbocycles. The molecule has 0 aliphatic heterocycles. The number of carbonyl (C=O) groups excluding carboxylic acids is 1. The molecule has 0 bridgehead atoms. The summed E-state index contributed by atoms with van der Waals surface area (Å²) in [4.78, 5) is 12.3. The van der Waals surface area contributed by atoms with Gasteiger partial charge in [0, 0.05) is 19.0 Å². The van der Waals surface area contributed by atoms with E-state index in [0.717, 1.165) is 12.8 Å². The molecular weight excluding hydrogens is 336 g/mol. The van der Waals surface area contributed by atoms with Crippen molar-refractivity contribution in [2.75, 3.05) is 7.05 Å². The summed E-state index contributed by atoms with van der Waals surface area (Å²) in [6, 6.07) is -0.188. The van der Waals surface area contributed by atoms with Crippen molar-refractivity contribution in [2.24, 2.45) is 23.5 Å². The molecule has 0 spiro atoms. The number of hydrogen-bond acceptors (Lipinski definition) is 3. The molecule has 0 radical (unpaired) electrons. The minimum absolute atomic E-state index is 0. The lowest BCUT2D eigenvalue weighted by Gasteiger charge is -2.30. The van der Waals surface area contributed by atoms with E-state index in [1.165, 1.54) is 64.2 Å². The van der Waals surface area contributed by atoms with Crippen LogP contribution in [-0.4, -0.2) is 30.2 Å². The lowest BCUT2D eigenvalue weighted by molar-refractivity contribution is -0.126. The Hall–Kier alpha value is -0.320. The van der Waals surface area contributed by atoms with Gasteiger partial charge in [0.15, 0.2) is 0 Å². The van der Waals surface area contributed by atoms with Crippen molar-refractivity contribution < 1.29 is 9.90 Å². The predicted molar refractivity (Wildman–Crippen MR) is 106 cm³/mol. The summed E-state index contributed by atoms with van der Waals surface area (Å²) in [6.45, 7) is 0. The van der Waals surface area contributed by atoms with Gasteiger partial charge in [0.05, 0.1) is 6.10 Å². The van der Waals surface area contributed by atoms with Crippen LogP contribution >= 0.6 is 12.4 Å². The van der Waals surface area contributed by atoms with Crippen LogP contribution in [-0.2, 0) is 4.79 Å². The first kappa shape index (κ1) is 22.7. The Labute approximate surface area is 160 Å². The molecule has 3 atom stereocenters. The van der Waals surface area contributed by atoms with E-state index in [2.05, 4.69) is 5.32 Å². The molecule has 0 saturated heterocycles. The average molecular weight is 375 g/mol. The maximum Gasteiger partial charge on any atom is 0.222 e. The zero-order valence-electron chi connectivity index (χ0n) is 15.9. The Kier molecular flexibility index (Phi) is 11.0. The summed E-state index contributed by atoms with van der Waals surface area (Å²) in [5.74, 6) is 1.29. The van der Waals surface area contributed by atoms with Crippen molar-refractivity contribution >= 4 is 18.3 Å². The van der Waals surface area contributed by atoms with Gasteiger partial charge in [-0.05, 0) is 31.1 Å². The first-order valence-electron chi connectivity index (χ1n) is 10.3. The van der Waals surface area contributed by atoms with Crippen LogP contribution in [0.25, 0.3) is 0 Å². The second-order valence-corrected chi connectivity index (χ2v) is 8.26. The van der Waals surface area contributed by atoms with Gasteiger partial charge in [0.1, 0.15) is 0 Å². The largest absolute Gasteiger partial charge is 0.391 e. The highest BCUT2D eigenvalue weighted by Gasteiger charge is 2.29. The number of halogens is 1. The zero-order valence-corrected chi connectivity index (χ0v) is 16.7. The van der Waals surface area contributed by atoms with Gasteiger partial charge in [-0.3, -0.25) is 4.79 Å². The molecule has 1 amide bonds. The van der Waals surface area contributed by atoms with Gasteiger partial charge >= 0.3 is 0 Å². The molecule has 148 valence electrons. The van der Waals surface area contributed by atoms with E-state index in [4.69, 9.17) is 5.73 Å². The summed E-state index contributed by atoms with van der Waals surface area (Å²) in [7, 11) is 1.70. The normalized spacial score (nSPS) is 23.3. The molecule has 0 aromatic heterocycles. The smallest absolute Gasteiger partial charge is 0.222 e. The summed E-state index contributed by atoms with van der Waals surface area (Å²) in [5.41, 5.74) is 6.29. The van der Waals surface area contributed by atoms with Crippen LogP contribution in [0.4, 0.5) is 0 Å². The van der Waals surface area contributed by atoms with Crippen LogP contribution < -0.4 is 11.1 Å². The van der Waals surface area contributed by atoms with E-state index in [1.54, 1.807) is 7.05 Å². The fourth-order valence-electron chi connectivity index (χ4n) is 4.77. The summed E-state index contributed by atoms with van der Waals surface area (Å²) in [5, 5.41) is 13.4. The van der Waals surface area contributed by atoms with Crippen LogP contribution in [0.1, 0.15) is 83.5 Å². The average Bonchev–Trinajstić information content (AvgIpc) is 2.62. The maximum atomic E-state index is 12.3. The Morgan fingerprint density at radius 1 is 1.00 bits per heavy atom. The molecule has 2 aliphatic rings. The van der Waals surface area contributed by atoms with Crippen molar-refractivity contribution in [3.63, 3.8) is 0 Å². The number of amides is 1. The standard InChI is InChI=1S/C20H38N2O2.ClH/c1-22-20(24)17(12-15-8-4-2-5-9-15)14-19(23)18(21)13-16-10-6-3-7-11-16;/h15-19,23H,2-14,21H2,1H3,(H,22,24);1H/t17-,18+,19+;/m1./s1. The van der Waals surface area contributed by atoms with Crippen molar-refractivity contribution in [3.05, 3.63) is 0 Å². The number of nitrogens with one attached hydrogen (secondary N) is 1. The highest BCUT2D eigenvalue weighted by atomic mass is 35.5. The number of hydrogen-bond donors (Lipinski definition) is 3. The van der Waals surface area contributed by atoms with Crippen molar-refractivity contribution in [1.29, 1.82) is 0 Å². The lowest BCUT2D eigenvalue weighted by Crippen LogP contribution is -2.41. The van der Waals surface area contributed by atoms with Gasteiger partial charge in [-0.1, -0.05) is 64.2 Å². The number of rotatable bonds is 8. The van der Waals surface area contributed by atoms with Crippen molar-refractivity contribution in [3.8, 4) is 0 Å². The number of aliphatic hydroxyl groups excluding tert-OH is 1. The first-order chi connectivity index (χ1) is 11.6. The third-order valence-electron chi connectivity index (χ3n) is 6.31. The van der Waals surface area contributed by atoms with E-state index in [1.807, 2.05) is 0 Å². The summed E-state index contributed by atoms with van der Waals surface area (Å²) < 4.78 is 0. The lowest BCUT2D eigenvalue weighted by atomic mass is 9.79. The molecular formula is C20H39ClN2O2. The van der Waals surface area contributed by atoms with Gasteiger partial charge < -0.3 is 16.2 Å². The van der Waals surface area contributed by atoms with Crippen LogP contribution in [0.5, 0.6) is 0 Å². The molecule has 0 unspecified atom stereocenters. The SMILES string of the molecule is CNC(=O)[C@H](CC1CCCCC1)C[C@H](O)[C@@H](N)CC1CCCCC1.Cl. The van der Waals surface area contributed by atoms with Gasteiger partial charge in [-0.15, -0.1) is 12.4 Å². The predicted octanol–water partition coefficient (Wildman–Crippen LogP) is 3.79. The van der Waals surface area contributed by atoms with Crippen LogP contribution in [0.3, 0.4) is 0 Å². The molecule has 0 heterocycles. The number of nitrogens with two attached hydrogens (primary N) is 1. The zero-order chi connectivity index (χ0) is 17.4. The molecule has 0 aromatic rings. The maximum absolute atomic E-state index is 12.3. The third-order valence-corrected chi connectivity index (χ3v) is 6.31. The molecule has 4 nitrogen and oxygen atoms in total. The molecule has 0 aromatic carbocycles. The van der Waals surface area contributed by atoms with Gasteiger partial charge in [0.25, 0.3) is 0 Å². The molecule has 4 N–H and O–H groups in total. The minimum Gasteiger partial charge on any atom is -0.391 e. The van der Waals surface area contributed by atoms with Crippen LogP contribution in [0.2, 0.25) is 0 Å². The Bertz CT molecular complexity index is 369. The molecule has 2 fully saturated rings. The van der Waals surface area contributed by atoms with Crippen molar-refractivity contribution in [1.82, 2.24) is 5.32 Å². The van der Waals surface area contributed by atoms with Crippen LogP contribution in [0, 0.1) is 17.8 Å². The Balaban J connectivity index is 0.00000312. The minimum atomic E-state index is -0.558. The van der Waals surface area contributed by atoms with E-state index in [0.29, 0.717) is 18.3 Å². The second kappa shape index (κ2) is 12.1. The molecule has 25 heavy (non-hydrogen) atoms. The highest BCUT2D eigenvalue weighted by molar-refractivity contribution is 5.85. The van der Waals surface area contributed by atoms with E-state index in [9.17, 15) is 9.90 Å². The quantitative estimate of drug-likeness (QED) is 0.605. The highest BCUT2D eigenvalue weighted by Crippen LogP contribution is 2.32. The monoisotopic (exact) mass is 374 g/mol. The summed E-state index contributed by atoms with van der Waals surface area (Å²) >= 11 is 0. The Morgan fingerprint density at radius 3 is 1.96 bits per heavy atom. The first-order valence-corrected chi connectivity index (χ1v) is 10.3. The fraction of sp³-hybridized carbons (Fsp3) is 0.950. The fourth-order valence-corrected chi connectivity index (χ4v) is 4.77. The van der Waals surface area contributed by atoms with Gasteiger partial charge in [0.2, 0.25) is 5.91 Å². The van der Waals surface area contributed by atoms with Crippen LogP contribution in [0.15, 0.2) is 0 Å². The Morgan fingerprint density at radius 2 is 1.48 bits per heavy atom. The van der Waals surface area contributed by atoms with E-state index in [-0.39, 0.29) is 30.3 Å². The number of aliphatic hydroxyl groups is 1. The second-order valence-electron chi connectivity index (χ2n) is 8.26. The summed E-state index contributed by atoms with van der Waals surface area (Å²) in [6.07, 6.45) is 14.6. The molecule has 2 rings (SSSR count). The van der Waals surface area contributed by atoms with Gasteiger partial charge in [-0.2, -0.15) is 0 Å². The third kappa shape index (κ3) is 7.84. The van der Waals surface area contributed by atoms with Crippen molar-refractivity contribution in [2.45, 2.75) is 95.6 Å². The number of carbonyl (C=O) groups is 1. The molecule has 2 saturated carbocycles. The topological polar surface area (TPSA) is 75.3 Å².